The molecule has 0 spiro atoms. The molecule has 1 saturated carbocycles. The van der Waals surface area contributed by atoms with Crippen LogP contribution in [0.1, 0.15) is 47.0 Å². The Bertz CT molecular complexity index is 237. The van der Waals surface area contributed by atoms with Gasteiger partial charge in [-0.25, -0.2) is 0 Å². The zero-order valence-electron chi connectivity index (χ0n) is 12.1. The molecule has 0 aromatic heterocycles. The average Bonchev–Trinajstić information content (AvgIpc) is 2.93. The maximum atomic E-state index is 3.58. The fourth-order valence-corrected chi connectivity index (χ4v) is 3.07. The van der Waals surface area contributed by atoms with E-state index in [2.05, 4.69) is 37.9 Å². The lowest BCUT2D eigenvalue weighted by Crippen LogP contribution is -2.46. The Morgan fingerprint density at radius 3 is 2.35 bits per heavy atom. The average molecular weight is 238 g/mol. The Morgan fingerprint density at radius 1 is 1.24 bits per heavy atom. The first-order chi connectivity index (χ1) is 8.03. The molecule has 100 valence electrons. The number of hydrogen-bond acceptors (Lipinski definition) is 2. The van der Waals surface area contributed by atoms with Crippen molar-refractivity contribution in [2.45, 2.75) is 53.0 Å². The smallest absolute Gasteiger partial charge is 0.00559 e. The largest absolute Gasteiger partial charge is 0.316 e. The second-order valence-corrected chi connectivity index (χ2v) is 6.91. The molecule has 2 rings (SSSR count). The predicted octanol–water partition coefficient (Wildman–Crippen LogP) is 2.74. The quantitative estimate of drug-likeness (QED) is 0.765. The minimum absolute atomic E-state index is 0.527. The highest BCUT2D eigenvalue weighted by Gasteiger charge is 2.39. The summed E-state index contributed by atoms with van der Waals surface area (Å²) >= 11 is 0. The predicted molar refractivity (Wildman–Crippen MR) is 74.2 cm³/mol. The Labute approximate surface area is 107 Å². The van der Waals surface area contributed by atoms with Crippen molar-refractivity contribution < 1.29 is 0 Å². The monoisotopic (exact) mass is 238 g/mol. The molecule has 1 aliphatic carbocycles. The third kappa shape index (κ3) is 3.23. The van der Waals surface area contributed by atoms with Crippen LogP contribution in [0.3, 0.4) is 0 Å². The molecule has 2 heteroatoms. The van der Waals surface area contributed by atoms with Gasteiger partial charge in [0.1, 0.15) is 0 Å². The summed E-state index contributed by atoms with van der Waals surface area (Å²) in [5, 5.41) is 3.58. The lowest BCUT2D eigenvalue weighted by molar-refractivity contribution is 0.0917. The number of rotatable bonds is 6. The van der Waals surface area contributed by atoms with E-state index < -0.39 is 0 Å². The molecule has 1 N–H and O–H groups in total. The van der Waals surface area contributed by atoms with Crippen molar-refractivity contribution in [1.29, 1.82) is 0 Å². The van der Waals surface area contributed by atoms with Gasteiger partial charge in [0.25, 0.3) is 0 Å². The van der Waals surface area contributed by atoms with Crippen LogP contribution in [0.15, 0.2) is 0 Å². The van der Waals surface area contributed by atoms with Gasteiger partial charge < -0.3 is 10.2 Å². The summed E-state index contributed by atoms with van der Waals surface area (Å²) in [6.07, 6.45) is 4.30. The number of hydrogen-bond donors (Lipinski definition) is 1. The molecule has 1 heterocycles. The van der Waals surface area contributed by atoms with Crippen molar-refractivity contribution in [3.05, 3.63) is 0 Å². The van der Waals surface area contributed by atoms with Crippen LogP contribution in [0.5, 0.6) is 0 Å². The first-order valence-corrected chi connectivity index (χ1v) is 7.48. The van der Waals surface area contributed by atoms with E-state index in [0.717, 1.165) is 11.8 Å². The van der Waals surface area contributed by atoms with E-state index in [1.54, 1.807) is 0 Å². The zero-order valence-corrected chi connectivity index (χ0v) is 12.1. The van der Waals surface area contributed by atoms with Gasteiger partial charge in [0.15, 0.2) is 0 Å². The Hall–Kier alpha value is -0.0800. The molecule has 1 aliphatic heterocycles. The maximum absolute atomic E-state index is 3.58. The summed E-state index contributed by atoms with van der Waals surface area (Å²) in [6.45, 7) is 14.6. The first kappa shape index (κ1) is 13.4. The van der Waals surface area contributed by atoms with Crippen LogP contribution in [0.4, 0.5) is 0 Å². The summed E-state index contributed by atoms with van der Waals surface area (Å²) in [4.78, 5) is 2.74. The van der Waals surface area contributed by atoms with E-state index in [9.17, 15) is 0 Å². The van der Waals surface area contributed by atoms with E-state index >= 15 is 0 Å². The molecule has 1 atom stereocenters. The third-order valence-electron chi connectivity index (χ3n) is 4.94. The summed E-state index contributed by atoms with van der Waals surface area (Å²) in [5.74, 6) is 1.80. The van der Waals surface area contributed by atoms with E-state index in [0.29, 0.717) is 11.5 Å². The second-order valence-electron chi connectivity index (χ2n) is 6.91. The summed E-state index contributed by atoms with van der Waals surface area (Å²) in [6, 6.07) is 0.701. The van der Waals surface area contributed by atoms with Crippen LogP contribution in [0, 0.1) is 17.3 Å². The van der Waals surface area contributed by atoms with Gasteiger partial charge in [0, 0.05) is 25.7 Å². The topological polar surface area (TPSA) is 15.3 Å². The van der Waals surface area contributed by atoms with Gasteiger partial charge in [-0.15, -0.1) is 0 Å². The van der Waals surface area contributed by atoms with Gasteiger partial charge in [0.2, 0.25) is 0 Å². The maximum Gasteiger partial charge on any atom is 0.00559 e. The normalized spacial score (nSPS) is 29.8. The molecular formula is C15H30N2. The van der Waals surface area contributed by atoms with Crippen LogP contribution < -0.4 is 5.32 Å². The van der Waals surface area contributed by atoms with Crippen molar-refractivity contribution in [2.24, 2.45) is 17.3 Å². The molecule has 0 bridgehead atoms. The van der Waals surface area contributed by atoms with Crippen LogP contribution in [-0.2, 0) is 0 Å². The fourth-order valence-electron chi connectivity index (χ4n) is 3.07. The summed E-state index contributed by atoms with van der Waals surface area (Å²) in [7, 11) is 0. The molecular weight excluding hydrogens is 208 g/mol. The minimum Gasteiger partial charge on any atom is -0.316 e. The highest BCUT2D eigenvalue weighted by atomic mass is 15.2. The van der Waals surface area contributed by atoms with Gasteiger partial charge in [-0.1, -0.05) is 13.8 Å². The highest BCUT2D eigenvalue weighted by molar-refractivity contribution is 4.94. The molecule has 1 saturated heterocycles. The van der Waals surface area contributed by atoms with E-state index in [1.807, 2.05) is 0 Å². The van der Waals surface area contributed by atoms with Gasteiger partial charge in [-0.3, -0.25) is 0 Å². The molecule has 2 nitrogen and oxygen atoms in total. The summed E-state index contributed by atoms with van der Waals surface area (Å²) in [5.41, 5.74) is 0.527. The number of nitrogens with zero attached hydrogens (tertiary/aromatic N) is 1. The Kier molecular flexibility index (Phi) is 4.14. The SMILES string of the molecule is CC(C)N(CC1CC1)CC1(C(C)C)CCNC1. The van der Waals surface area contributed by atoms with Gasteiger partial charge in [0.05, 0.1) is 0 Å². The van der Waals surface area contributed by atoms with Crippen molar-refractivity contribution in [2.75, 3.05) is 26.2 Å². The molecule has 0 radical (unpaired) electrons. The lowest BCUT2D eigenvalue weighted by atomic mass is 9.75. The van der Waals surface area contributed by atoms with Crippen LogP contribution in [-0.4, -0.2) is 37.1 Å². The minimum atomic E-state index is 0.527. The molecule has 0 amide bonds. The molecule has 2 fully saturated rings. The second kappa shape index (κ2) is 5.27. The van der Waals surface area contributed by atoms with Crippen molar-refractivity contribution >= 4 is 0 Å². The molecule has 17 heavy (non-hydrogen) atoms. The first-order valence-electron chi connectivity index (χ1n) is 7.48. The van der Waals surface area contributed by atoms with E-state index in [4.69, 9.17) is 0 Å². The van der Waals surface area contributed by atoms with Crippen LogP contribution >= 0.6 is 0 Å². The van der Waals surface area contributed by atoms with Gasteiger partial charge in [-0.05, 0) is 56.9 Å². The van der Waals surface area contributed by atoms with Crippen molar-refractivity contribution in [1.82, 2.24) is 10.2 Å². The van der Waals surface area contributed by atoms with Crippen LogP contribution in [0.2, 0.25) is 0 Å². The molecule has 1 unspecified atom stereocenters. The van der Waals surface area contributed by atoms with Gasteiger partial charge in [-0.2, -0.15) is 0 Å². The zero-order chi connectivity index (χ0) is 12.5. The Balaban J connectivity index is 1.98. The van der Waals surface area contributed by atoms with E-state index in [1.165, 1.54) is 45.4 Å². The molecule has 0 aromatic carbocycles. The highest BCUT2D eigenvalue weighted by Crippen LogP contribution is 2.37. The van der Waals surface area contributed by atoms with Gasteiger partial charge >= 0.3 is 0 Å². The van der Waals surface area contributed by atoms with Crippen LogP contribution in [0.25, 0.3) is 0 Å². The number of nitrogens with one attached hydrogen (secondary N) is 1. The summed E-state index contributed by atoms with van der Waals surface area (Å²) < 4.78 is 0. The molecule has 0 aromatic rings. The van der Waals surface area contributed by atoms with Crippen molar-refractivity contribution in [3.63, 3.8) is 0 Å². The Morgan fingerprint density at radius 2 is 1.94 bits per heavy atom. The fraction of sp³-hybridized carbons (Fsp3) is 1.00. The lowest BCUT2D eigenvalue weighted by Gasteiger charge is -2.40. The molecule has 2 aliphatic rings. The van der Waals surface area contributed by atoms with E-state index in [-0.39, 0.29) is 0 Å². The third-order valence-corrected chi connectivity index (χ3v) is 4.94. The standard InChI is InChI=1S/C15H30N2/c1-12(2)15(7-8-16-10-15)11-17(13(3)4)9-14-5-6-14/h12-14,16H,5-11H2,1-4H3. The van der Waals surface area contributed by atoms with Crippen molar-refractivity contribution in [3.8, 4) is 0 Å².